The summed E-state index contributed by atoms with van der Waals surface area (Å²) in [4.78, 5) is 153. The van der Waals surface area contributed by atoms with Crippen LogP contribution in [0.3, 0.4) is 0 Å². The van der Waals surface area contributed by atoms with Gasteiger partial charge in [-0.25, -0.2) is 23.8 Å². The quantitative estimate of drug-likeness (QED) is 0.00977. The van der Waals surface area contributed by atoms with E-state index in [1.165, 1.54) is 22.8 Å². The molecule has 49 nitrogen and oxygen atoms in total. The van der Waals surface area contributed by atoms with Crippen LogP contribution in [0.2, 0.25) is 0 Å². The number of aliphatic hydroxyl groups excluding tert-OH is 17. The fourth-order valence-corrected chi connectivity index (χ4v) is 16.3. The molecule has 27 N–H and O–H groups in total. The molecular formula is C92H137FN12O37. The number of esters is 1. The maximum atomic E-state index is 15.6. The molecule has 8 rings (SSSR count). The van der Waals surface area contributed by atoms with Crippen LogP contribution in [0, 0.1) is 18.7 Å². The van der Waals surface area contributed by atoms with Gasteiger partial charge >= 0.3 is 18.1 Å². The summed E-state index contributed by atoms with van der Waals surface area (Å²) < 4.78 is 59.9. The van der Waals surface area contributed by atoms with Crippen molar-refractivity contribution in [3.05, 3.63) is 104 Å². The second-order valence-corrected chi connectivity index (χ2v) is 35.9. The van der Waals surface area contributed by atoms with Gasteiger partial charge in [-0.3, -0.25) is 48.2 Å². The van der Waals surface area contributed by atoms with Crippen molar-refractivity contribution in [1.29, 1.82) is 0 Å². The fraction of sp³-hybridized carbons (Fsp3) is 0.652. The van der Waals surface area contributed by atoms with Crippen LogP contribution in [0.1, 0.15) is 136 Å². The number of nitrogens with zero attached hydrogens (tertiary/aromatic N) is 4. The Morgan fingerprint density at radius 1 is 0.592 bits per heavy atom. The normalized spacial score (nSPS) is 18.8. The molecule has 4 aromatic rings. The lowest BCUT2D eigenvalue weighted by molar-refractivity contribution is -0.172. The van der Waals surface area contributed by atoms with E-state index in [1.54, 1.807) is 45.9 Å². The van der Waals surface area contributed by atoms with Crippen LogP contribution < -0.4 is 48.5 Å². The standard InChI is InChI=1S/C92H137FN12O37/c1-5-92(134)61-26-67-79-59(29-105(67)88(130)60(61)46-141-89(92)131)77-63(20-19-58-49(4)62(93)27-66(99-79)76(58)77)101-91(133)142-34-50-15-17-51(18-16-50)97-84(126)65(13-11-24-96-90(94)132)100-87(129)78(48(2)3)102-85(127)64(98-73(119)14-7-6-10-25-104-74(120)21-22-75(104)121)12-8-9-23-95-86(128)72(118)47-140-45-57(113)44-139-43-56(112)42-138-41-55(111)40-137-39-54(110)38-136-37-53(109)36-135-35-52(108)28-103(30-68(114)80(122)82(124)70(116)32-106)31-69(115)81(123)83(125)71(117)33-107/h15-18,21-22,26-27,48,52-57,63-65,68-72,78,80-83,106-118,122-125,134H,5-14,19-20,23-25,28-47H2,1-4H3,(H,95,128)(H,97,126)(H,98,119)(H,100,129)(H,101,133)(H,102,127)(H3,94,96,132)/t52?,53?,54?,55?,56?,57?,63-,64-,65-,68-,69-,70+,71+,72?,78-,80+,81+,82+,83+,92-/m0/s1. The van der Waals surface area contributed by atoms with Crippen molar-refractivity contribution in [2.45, 2.75) is 246 Å². The molecule has 0 fully saturated rings. The SMILES string of the molecule is CC[C@@]1(O)C(=O)OCc2c1cc1n(c2=O)Cc2c-1nc1cc(F)c(C)c3c1c2[C@@H](NC(=O)OCc1ccc(NC(=O)[C@H](CCCNC(N)=O)NC(=O)[C@@H](NC(=O)[C@H](CCCCNC(=O)C(O)COCC(O)COCC(O)COCC(O)COCC(O)COCC(O)COCC(O)CN(C[C@H](O)[C@@H](O)[C@H](O)[C@H](O)CO)C[C@H](O)[C@@H](O)[C@H](O)[C@H](O)CO)NC(=O)CCCCCN2C(=O)C=CC2=O)C(C)C)cc1)CC3. The van der Waals surface area contributed by atoms with Crippen molar-refractivity contribution in [2.75, 3.05) is 137 Å². The number of rotatable bonds is 66. The minimum absolute atomic E-state index is 0.00239. The zero-order valence-corrected chi connectivity index (χ0v) is 79.5. The number of fused-ring (bicyclic) bond motifs is 5. The van der Waals surface area contributed by atoms with Gasteiger partial charge in [0.2, 0.25) is 23.6 Å². The van der Waals surface area contributed by atoms with Crippen molar-refractivity contribution in [3.63, 3.8) is 0 Å². The number of anilines is 1. The zero-order valence-electron chi connectivity index (χ0n) is 79.5. The topological polar surface area (TPSA) is 760 Å². The van der Waals surface area contributed by atoms with Crippen molar-refractivity contribution in [3.8, 4) is 11.4 Å². The van der Waals surface area contributed by atoms with Gasteiger partial charge in [0.25, 0.3) is 23.3 Å². The largest absolute Gasteiger partial charge is 0.458 e. The van der Waals surface area contributed by atoms with E-state index < -0.39 is 257 Å². The van der Waals surface area contributed by atoms with Gasteiger partial charge in [-0.05, 0) is 118 Å². The van der Waals surface area contributed by atoms with Crippen LogP contribution >= 0.6 is 0 Å². The van der Waals surface area contributed by atoms with Crippen LogP contribution in [0.4, 0.5) is 19.7 Å². The van der Waals surface area contributed by atoms with Crippen molar-refractivity contribution < 1.29 is 182 Å². The summed E-state index contributed by atoms with van der Waals surface area (Å²) in [5.74, 6) is -6.70. The highest BCUT2D eigenvalue weighted by atomic mass is 19.1. The molecule has 0 saturated carbocycles. The molecule has 794 valence electrons. The first-order valence-electron chi connectivity index (χ1n) is 47.0. The number of aromatic nitrogens is 2. The number of unbranched alkanes of at least 4 members (excludes halogenated alkanes) is 3. The van der Waals surface area contributed by atoms with E-state index in [-0.39, 0.29) is 166 Å². The van der Waals surface area contributed by atoms with Crippen LogP contribution in [0.5, 0.6) is 0 Å². The van der Waals surface area contributed by atoms with Gasteiger partial charge in [-0.15, -0.1) is 0 Å². The lowest BCUT2D eigenvalue weighted by Crippen LogP contribution is -2.57. The Bertz CT molecular complexity index is 4860. The Hall–Kier alpha value is -10.0. The molecule has 7 unspecified atom stereocenters. The number of aryl methyl sites for hydroxylation is 1. The molecule has 50 heteroatoms. The number of urea groups is 1. The number of aliphatic hydroxyl groups is 18. The summed E-state index contributed by atoms with van der Waals surface area (Å²) in [6.45, 7) is -2.55. The van der Waals surface area contributed by atoms with Gasteiger partial charge in [-0.2, -0.15) is 0 Å². The summed E-state index contributed by atoms with van der Waals surface area (Å²) in [6.07, 6.45) is -21.8. The summed E-state index contributed by atoms with van der Waals surface area (Å²) in [5.41, 5.74) is 6.77. The third-order valence-corrected chi connectivity index (χ3v) is 24.2. The number of pyridine rings is 2. The van der Waals surface area contributed by atoms with E-state index in [1.807, 2.05) is 0 Å². The number of ether oxygens (including phenoxy) is 8. The number of hydrogen-bond donors (Lipinski definition) is 26. The van der Waals surface area contributed by atoms with E-state index >= 15 is 4.39 Å². The number of hydrogen-bond acceptors (Lipinski definition) is 39. The lowest BCUT2D eigenvalue weighted by Gasteiger charge is -2.34. The van der Waals surface area contributed by atoms with Crippen LogP contribution in [0.15, 0.2) is 53.3 Å². The predicted molar refractivity (Wildman–Crippen MR) is 493 cm³/mol. The molecule has 142 heavy (non-hydrogen) atoms. The second-order valence-electron chi connectivity index (χ2n) is 35.9. The van der Waals surface area contributed by atoms with Crippen molar-refractivity contribution in [2.24, 2.45) is 11.7 Å². The van der Waals surface area contributed by atoms with E-state index in [9.17, 15) is 134 Å². The van der Waals surface area contributed by atoms with Gasteiger partial charge in [0.15, 0.2) is 11.7 Å². The lowest BCUT2D eigenvalue weighted by atomic mass is 9.81. The molecule has 10 amide bonds. The maximum absolute atomic E-state index is 15.6. The first-order valence-corrected chi connectivity index (χ1v) is 47.0. The first kappa shape index (κ1) is 117. The smallest absolute Gasteiger partial charge is 0.407 e. The minimum atomic E-state index is -2.10. The van der Waals surface area contributed by atoms with Crippen molar-refractivity contribution >= 4 is 76.0 Å². The van der Waals surface area contributed by atoms with Gasteiger partial charge < -0.3 is 177 Å². The summed E-state index contributed by atoms with van der Waals surface area (Å²) in [5, 5.41) is 203. The molecule has 0 saturated heterocycles. The van der Waals surface area contributed by atoms with Gasteiger partial charge in [0, 0.05) is 86.1 Å². The Morgan fingerprint density at radius 3 is 1.65 bits per heavy atom. The number of amides is 10. The average molecular weight is 2020 g/mol. The molecule has 5 heterocycles. The first-order chi connectivity index (χ1) is 67.5. The maximum Gasteiger partial charge on any atom is 0.407 e. The zero-order chi connectivity index (χ0) is 104. The minimum Gasteiger partial charge on any atom is -0.458 e. The Kier molecular flexibility index (Phi) is 47.6. The van der Waals surface area contributed by atoms with Gasteiger partial charge in [0.05, 0.1) is 146 Å². The summed E-state index contributed by atoms with van der Waals surface area (Å²) >= 11 is 0. The molecule has 0 spiro atoms. The number of alkyl carbamates (subject to hydrolysis) is 1. The van der Waals surface area contributed by atoms with Gasteiger partial charge in [0.1, 0.15) is 104 Å². The highest BCUT2D eigenvalue weighted by molar-refractivity contribution is 6.13. The van der Waals surface area contributed by atoms with E-state index in [0.29, 0.717) is 70.3 Å². The number of carbonyl (C=O) groups is 10. The van der Waals surface area contributed by atoms with E-state index in [4.69, 9.17) is 58.8 Å². The third kappa shape index (κ3) is 34.6. The van der Waals surface area contributed by atoms with Crippen LogP contribution in [-0.4, -0.2) is 412 Å². The van der Waals surface area contributed by atoms with Crippen LogP contribution in [-0.2, 0) is 108 Å². The Balaban J connectivity index is 0.735. The molecule has 4 aliphatic rings. The third-order valence-electron chi connectivity index (χ3n) is 24.2. The summed E-state index contributed by atoms with van der Waals surface area (Å²) in [7, 11) is 0. The highest BCUT2D eigenvalue weighted by Gasteiger charge is 2.47. The molecular weight excluding hydrogens is 1880 g/mol. The second kappa shape index (κ2) is 57.6. The number of benzene rings is 2. The number of imide groups is 1. The number of halogens is 1. The number of cyclic esters (lactones) is 1. The van der Waals surface area contributed by atoms with E-state index in [2.05, 4.69) is 37.2 Å². The molecule has 0 bridgehead atoms. The fourth-order valence-electron chi connectivity index (χ4n) is 16.3. The Morgan fingerprint density at radius 2 is 1.11 bits per heavy atom. The molecule has 20 atom stereocenters. The Labute approximate surface area is 815 Å². The number of primary amides is 1. The predicted octanol–water partition coefficient (Wildman–Crippen LogP) is -7.49. The summed E-state index contributed by atoms with van der Waals surface area (Å²) in [6, 6.07) is 3.55. The van der Waals surface area contributed by atoms with Gasteiger partial charge in [-0.1, -0.05) is 39.3 Å². The molecule has 1 aliphatic carbocycles. The monoisotopic (exact) mass is 2020 g/mol. The number of carbonyl (C=O) groups excluding carboxylic acids is 10. The van der Waals surface area contributed by atoms with Crippen molar-refractivity contribution in [1.82, 2.24) is 51.3 Å². The average Bonchev–Trinajstić information content (AvgIpc) is 1.52. The molecule has 2 aromatic carbocycles. The van der Waals surface area contributed by atoms with Crippen LogP contribution in [0.25, 0.3) is 22.3 Å². The number of nitrogens with two attached hydrogens (primary N) is 1. The molecule has 0 radical (unpaired) electrons. The molecule has 3 aliphatic heterocycles. The highest BCUT2D eigenvalue weighted by Crippen LogP contribution is 2.46. The number of nitrogens with one attached hydrogen (secondary N) is 7. The molecule has 2 aromatic heterocycles. The van der Waals surface area contributed by atoms with E-state index in [0.717, 1.165) is 22.0 Å².